The molecule has 0 fully saturated rings. The number of alkyl halides is 1. The Morgan fingerprint density at radius 2 is 1.69 bits per heavy atom. The van der Waals surface area contributed by atoms with Crippen molar-refractivity contribution in [2.75, 3.05) is 5.88 Å². The van der Waals surface area contributed by atoms with Crippen molar-refractivity contribution in [2.45, 2.75) is 27.2 Å². The first-order valence-electron chi connectivity index (χ1n) is 5.35. The lowest BCUT2D eigenvalue weighted by Gasteiger charge is -2.29. The van der Waals surface area contributed by atoms with E-state index in [0.717, 1.165) is 0 Å². The molecule has 3 heteroatoms. The van der Waals surface area contributed by atoms with Gasteiger partial charge in [0.1, 0.15) is 11.6 Å². The quantitative estimate of drug-likeness (QED) is 0.693. The molecular weight excluding hydrogens is 230 g/mol. The second-order valence-electron chi connectivity index (χ2n) is 5.12. The van der Waals surface area contributed by atoms with Crippen molar-refractivity contribution in [3.63, 3.8) is 0 Å². The van der Waals surface area contributed by atoms with E-state index in [1.807, 2.05) is 20.8 Å². The Kier molecular flexibility index (Phi) is 4.31. The first-order chi connectivity index (χ1) is 7.36. The van der Waals surface area contributed by atoms with E-state index >= 15 is 0 Å². The Balaban J connectivity index is 2.95. The van der Waals surface area contributed by atoms with E-state index in [4.69, 9.17) is 11.6 Å². The van der Waals surface area contributed by atoms with Crippen LogP contribution in [0.15, 0.2) is 18.2 Å². The van der Waals surface area contributed by atoms with Crippen LogP contribution in [0, 0.1) is 23.0 Å². The molecule has 0 saturated carbocycles. The molecule has 1 unspecified atom stereocenters. The summed E-state index contributed by atoms with van der Waals surface area (Å²) >= 11 is 5.86. The second kappa shape index (κ2) is 5.13. The van der Waals surface area contributed by atoms with Gasteiger partial charge < -0.3 is 0 Å². The Hall–Kier alpha value is -0.630. The van der Waals surface area contributed by atoms with Crippen LogP contribution in [-0.2, 0) is 6.42 Å². The summed E-state index contributed by atoms with van der Waals surface area (Å²) in [6.07, 6.45) is 0.339. The van der Waals surface area contributed by atoms with Gasteiger partial charge >= 0.3 is 0 Å². The largest absolute Gasteiger partial charge is 0.207 e. The fourth-order valence-corrected chi connectivity index (χ4v) is 2.14. The van der Waals surface area contributed by atoms with Crippen molar-refractivity contribution in [3.05, 3.63) is 35.4 Å². The maximum Gasteiger partial charge on any atom is 0.129 e. The van der Waals surface area contributed by atoms with Gasteiger partial charge in [0, 0.05) is 11.4 Å². The van der Waals surface area contributed by atoms with E-state index in [9.17, 15) is 8.78 Å². The van der Waals surface area contributed by atoms with Gasteiger partial charge in [-0.15, -0.1) is 11.6 Å². The fourth-order valence-electron chi connectivity index (χ4n) is 1.57. The molecule has 1 aromatic carbocycles. The summed E-state index contributed by atoms with van der Waals surface area (Å²) in [6.45, 7) is 6.08. The van der Waals surface area contributed by atoms with Crippen molar-refractivity contribution in [1.82, 2.24) is 0 Å². The number of rotatable bonds is 3. The van der Waals surface area contributed by atoms with Crippen LogP contribution in [0.5, 0.6) is 0 Å². The van der Waals surface area contributed by atoms with Gasteiger partial charge in [-0.1, -0.05) is 26.8 Å². The molecule has 0 aliphatic heterocycles. The van der Waals surface area contributed by atoms with Crippen LogP contribution < -0.4 is 0 Å². The molecule has 0 bridgehead atoms. The summed E-state index contributed by atoms with van der Waals surface area (Å²) < 4.78 is 26.9. The molecule has 0 radical (unpaired) electrons. The lowest BCUT2D eigenvalue weighted by atomic mass is 9.78. The van der Waals surface area contributed by atoms with Gasteiger partial charge in [0.15, 0.2) is 0 Å². The van der Waals surface area contributed by atoms with Crippen LogP contribution in [0.4, 0.5) is 8.78 Å². The van der Waals surface area contributed by atoms with Crippen molar-refractivity contribution >= 4 is 11.6 Å². The highest BCUT2D eigenvalue weighted by molar-refractivity contribution is 6.18. The highest BCUT2D eigenvalue weighted by atomic mass is 35.5. The molecule has 0 aliphatic rings. The first-order valence-corrected chi connectivity index (χ1v) is 5.88. The molecule has 0 heterocycles. The van der Waals surface area contributed by atoms with Gasteiger partial charge in [0.25, 0.3) is 0 Å². The van der Waals surface area contributed by atoms with Crippen LogP contribution >= 0.6 is 11.6 Å². The summed E-state index contributed by atoms with van der Waals surface area (Å²) in [4.78, 5) is 0. The maximum absolute atomic E-state index is 13.5. The standard InChI is InChI=1S/C13H17ClF2/c1-13(2,3)9(8-14)7-10-11(15)5-4-6-12(10)16/h4-6,9H,7-8H2,1-3H3. The van der Waals surface area contributed by atoms with Crippen molar-refractivity contribution in [3.8, 4) is 0 Å². The van der Waals surface area contributed by atoms with Crippen molar-refractivity contribution in [1.29, 1.82) is 0 Å². The van der Waals surface area contributed by atoms with E-state index in [1.54, 1.807) is 0 Å². The van der Waals surface area contributed by atoms with Gasteiger partial charge in [-0.05, 0) is 29.9 Å². The zero-order valence-electron chi connectivity index (χ0n) is 9.86. The molecule has 90 valence electrons. The zero-order chi connectivity index (χ0) is 12.3. The SMILES string of the molecule is CC(C)(C)C(CCl)Cc1c(F)cccc1F. The summed E-state index contributed by atoms with van der Waals surface area (Å²) in [6, 6.07) is 3.94. The van der Waals surface area contributed by atoms with Crippen molar-refractivity contribution in [2.24, 2.45) is 11.3 Å². The van der Waals surface area contributed by atoms with Crippen LogP contribution in [0.1, 0.15) is 26.3 Å². The van der Waals surface area contributed by atoms with Gasteiger partial charge in [-0.25, -0.2) is 8.78 Å². The molecule has 1 rings (SSSR count). The van der Waals surface area contributed by atoms with Gasteiger partial charge in [0.2, 0.25) is 0 Å². The third-order valence-corrected chi connectivity index (χ3v) is 3.30. The van der Waals surface area contributed by atoms with Crippen molar-refractivity contribution < 1.29 is 8.78 Å². The third-order valence-electron chi connectivity index (χ3n) is 2.92. The van der Waals surface area contributed by atoms with E-state index in [0.29, 0.717) is 12.3 Å². The molecular formula is C13H17ClF2. The third kappa shape index (κ3) is 3.18. The van der Waals surface area contributed by atoms with Crippen LogP contribution in [0.2, 0.25) is 0 Å². The van der Waals surface area contributed by atoms with Crippen LogP contribution in [-0.4, -0.2) is 5.88 Å². The molecule has 0 nitrogen and oxygen atoms in total. The highest BCUT2D eigenvalue weighted by Gasteiger charge is 2.26. The van der Waals surface area contributed by atoms with E-state index in [1.165, 1.54) is 18.2 Å². The molecule has 0 amide bonds. The number of benzene rings is 1. The average molecular weight is 247 g/mol. The van der Waals surface area contributed by atoms with Gasteiger partial charge in [-0.2, -0.15) is 0 Å². The molecule has 1 aromatic rings. The van der Waals surface area contributed by atoms with E-state index in [-0.39, 0.29) is 16.9 Å². The lowest BCUT2D eigenvalue weighted by Crippen LogP contribution is -2.25. The van der Waals surface area contributed by atoms with E-state index < -0.39 is 11.6 Å². The predicted molar refractivity (Wildman–Crippen MR) is 63.7 cm³/mol. The minimum Gasteiger partial charge on any atom is -0.207 e. The summed E-state index contributed by atoms with van der Waals surface area (Å²) in [7, 11) is 0. The fraction of sp³-hybridized carbons (Fsp3) is 0.538. The Morgan fingerprint density at radius 3 is 2.06 bits per heavy atom. The maximum atomic E-state index is 13.5. The van der Waals surface area contributed by atoms with Gasteiger partial charge in [-0.3, -0.25) is 0 Å². The molecule has 0 saturated heterocycles. The smallest absolute Gasteiger partial charge is 0.129 e. The van der Waals surface area contributed by atoms with Gasteiger partial charge in [0.05, 0.1) is 0 Å². The summed E-state index contributed by atoms with van der Waals surface area (Å²) in [5, 5.41) is 0. The summed E-state index contributed by atoms with van der Waals surface area (Å²) in [5.41, 5.74) is 0.0827. The summed E-state index contributed by atoms with van der Waals surface area (Å²) in [5.74, 6) is -0.517. The monoisotopic (exact) mass is 246 g/mol. The minimum atomic E-state index is -0.487. The van der Waals surface area contributed by atoms with Crippen LogP contribution in [0.25, 0.3) is 0 Å². The average Bonchev–Trinajstić information content (AvgIpc) is 2.15. The predicted octanol–water partition coefficient (Wildman–Crippen LogP) is 4.41. The van der Waals surface area contributed by atoms with Crippen LogP contribution in [0.3, 0.4) is 0 Å². The Bertz CT molecular complexity index is 335. The Labute approximate surface area is 101 Å². The number of hydrogen-bond acceptors (Lipinski definition) is 0. The molecule has 0 aliphatic carbocycles. The minimum absolute atomic E-state index is 0.0561. The Morgan fingerprint density at radius 1 is 1.19 bits per heavy atom. The normalized spacial score (nSPS) is 13.9. The topological polar surface area (TPSA) is 0 Å². The molecule has 0 spiro atoms. The lowest BCUT2D eigenvalue weighted by molar-refractivity contribution is 0.259. The molecule has 0 aromatic heterocycles. The highest BCUT2D eigenvalue weighted by Crippen LogP contribution is 2.31. The molecule has 1 atom stereocenters. The molecule has 16 heavy (non-hydrogen) atoms. The number of halogens is 3. The molecule has 0 N–H and O–H groups in total. The van der Waals surface area contributed by atoms with E-state index in [2.05, 4.69) is 0 Å². The first kappa shape index (κ1) is 13.4. The number of hydrogen-bond donors (Lipinski definition) is 0. The second-order valence-corrected chi connectivity index (χ2v) is 5.43. The zero-order valence-corrected chi connectivity index (χ0v) is 10.6.